The van der Waals surface area contributed by atoms with Crippen LogP contribution in [0.25, 0.3) is 0 Å². The minimum Gasteiger partial charge on any atom is -0.243 e. The molecule has 5 nitrogen and oxygen atoms in total. The van der Waals surface area contributed by atoms with E-state index in [2.05, 4.69) is 10.2 Å². The molecular weight excluding hydrogens is 246 g/mol. The maximum Gasteiger partial charge on any atom is 0.265 e. The van der Waals surface area contributed by atoms with Crippen molar-refractivity contribution in [3.8, 4) is 0 Å². The predicted octanol–water partition coefficient (Wildman–Crippen LogP) is 1.36. The molecule has 2 aromatic rings. The summed E-state index contributed by atoms with van der Waals surface area (Å²) in [6.07, 6.45) is 0. The molecule has 0 spiro atoms. The Morgan fingerprint density at radius 2 is 1.94 bits per heavy atom. The van der Waals surface area contributed by atoms with Crippen molar-refractivity contribution >= 4 is 26.5 Å². The van der Waals surface area contributed by atoms with Crippen LogP contribution in [0.2, 0.25) is 0 Å². The second kappa shape index (κ2) is 4.18. The third-order valence-electron chi connectivity index (χ3n) is 2.02. The number of rotatable bonds is 3. The molecule has 7 heteroatoms. The molecule has 0 radical (unpaired) electrons. The third-order valence-corrected chi connectivity index (χ3v) is 4.66. The lowest BCUT2D eigenvalue weighted by Gasteiger charge is -2.15. The highest BCUT2D eigenvalue weighted by atomic mass is 32.2. The number of benzene rings is 1. The van der Waals surface area contributed by atoms with Crippen molar-refractivity contribution in [1.29, 1.82) is 0 Å². The molecule has 16 heavy (non-hydrogen) atoms. The molecule has 0 bridgehead atoms. The average Bonchev–Trinajstić information content (AvgIpc) is 2.82. The van der Waals surface area contributed by atoms with Gasteiger partial charge in [-0.25, -0.2) is 12.7 Å². The summed E-state index contributed by atoms with van der Waals surface area (Å²) in [4.78, 5) is 0.243. The van der Waals surface area contributed by atoms with E-state index < -0.39 is 10.0 Å². The zero-order chi connectivity index (χ0) is 11.6. The largest absolute Gasteiger partial charge is 0.265 e. The summed E-state index contributed by atoms with van der Waals surface area (Å²) in [6, 6.07) is 8.23. The van der Waals surface area contributed by atoms with Gasteiger partial charge in [0.15, 0.2) is 0 Å². The number of sulfonamides is 1. The van der Waals surface area contributed by atoms with Gasteiger partial charge in [-0.15, -0.1) is 10.2 Å². The van der Waals surface area contributed by atoms with E-state index in [1.54, 1.807) is 30.3 Å². The van der Waals surface area contributed by atoms with Gasteiger partial charge >= 0.3 is 0 Å². The maximum atomic E-state index is 12.1. The Hall–Kier alpha value is -1.47. The molecule has 0 saturated heterocycles. The number of aromatic nitrogens is 2. The van der Waals surface area contributed by atoms with Crippen LogP contribution in [0, 0.1) is 0 Å². The van der Waals surface area contributed by atoms with Gasteiger partial charge in [0.25, 0.3) is 10.0 Å². The molecule has 2 rings (SSSR count). The van der Waals surface area contributed by atoms with Crippen molar-refractivity contribution in [2.45, 2.75) is 4.90 Å². The van der Waals surface area contributed by atoms with Crippen LogP contribution in [-0.4, -0.2) is 25.7 Å². The first-order chi connectivity index (χ1) is 7.62. The van der Waals surface area contributed by atoms with Gasteiger partial charge in [0.2, 0.25) is 5.13 Å². The molecular formula is C9H9N3O2S2. The van der Waals surface area contributed by atoms with Crippen molar-refractivity contribution < 1.29 is 8.42 Å². The van der Waals surface area contributed by atoms with Crippen LogP contribution in [0.4, 0.5) is 5.13 Å². The molecule has 84 valence electrons. The van der Waals surface area contributed by atoms with Gasteiger partial charge < -0.3 is 0 Å². The monoisotopic (exact) mass is 255 g/mol. The second-order valence-corrected chi connectivity index (χ2v) is 5.79. The number of hydrogen-bond donors (Lipinski definition) is 0. The summed E-state index contributed by atoms with van der Waals surface area (Å²) < 4.78 is 25.3. The second-order valence-electron chi connectivity index (χ2n) is 3.01. The fourth-order valence-electron chi connectivity index (χ4n) is 1.16. The quantitative estimate of drug-likeness (QED) is 0.830. The first kappa shape index (κ1) is 11.0. The SMILES string of the molecule is CN(c1nncs1)S(=O)(=O)c1ccccc1. The molecule has 0 aliphatic heterocycles. The Bertz CT molecular complexity index is 552. The highest BCUT2D eigenvalue weighted by molar-refractivity contribution is 7.93. The molecule has 1 aromatic heterocycles. The predicted molar refractivity (Wildman–Crippen MR) is 61.9 cm³/mol. The van der Waals surface area contributed by atoms with Gasteiger partial charge in [0, 0.05) is 7.05 Å². The molecule has 1 heterocycles. The van der Waals surface area contributed by atoms with E-state index in [1.165, 1.54) is 23.9 Å². The number of anilines is 1. The number of hydrogen-bond acceptors (Lipinski definition) is 5. The van der Waals surface area contributed by atoms with Crippen LogP contribution in [0.3, 0.4) is 0 Å². The molecule has 0 aliphatic rings. The zero-order valence-corrected chi connectivity index (χ0v) is 10.1. The summed E-state index contributed by atoms with van der Waals surface area (Å²) in [5.41, 5.74) is 1.49. The number of nitrogens with zero attached hydrogens (tertiary/aromatic N) is 3. The summed E-state index contributed by atoms with van der Waals surface area (Å²) in [5, 5.41) is 7.69. The van der Waals surface area contributed by atoms with Gasteiger partial charge in [-0.3, -0.25) is 0 Å². The van der Waals surface area contributed by atoms with Crippen LogP contribution in [-0.2, 0) is 10.0 Å². The highest BCUT2D eigenvalue weighted by Gasteiger charge is 2.22. The Labute approximate surface area is 97.4 Å². The Balaban J connectivity index is 2.41. The Kier molecular flexibility index (Phi) is 2.88. The van der Waals surface area contributed by atoms with E-state index in [0.29, 0.717) is 5.13 Å². The summed E-state index contributed by atoms with van der Waals surface area (Å²) in [6.45, 7) is 0. The molecule has 0 atom stereocenters. The lowest BCUT2D eigenvalue weighted by molar-refractivity contribution is 0.594. The molecule has 0 unspecified atom stereocenters. The fraction of sp³-hybridized carbons (Fsp3) is 0.111. The van der Waals surface area contributed by atoms with E-state index in [-0.39, 0.29) is 4.90 Å². The molecule has 0 fully saturated rings. The molecule has 0 N–H and O–H groups in total. The maximum absolute atomic E-state index is 12.1. The first-order valence-electron chi connectivity index (χ1n) is 4.42. The van der Waals surface area contributed by atoms with Crippen molar-refractivity contribution in [3.05, 3.63) is 35.8 Å². The summed E-state index contributed by atoms with van der Waals surface area (Å²) >= 11 is 1.18. The van der Waals surface area contributed by atoms with Gasteiger partial charge in [0.05, 0.1) is 4.90 Å². The molecule has 0 saturated carbocycles. The van der Waals surface area contributed by atoms with E-state index in [4.69, 9.17) is 0 Å². The minimum atomic E-state index is -3.52. The van der Waals surface area contributed by atoms with Crippen LogP contribution in [0.1, 0.15) is 0 Å². The Morgan fingerprint density at radius 3 is 2.50 bits per heavy atom. The van der Waals surface area contributed by atoms with Crippen LogP contribution >= 0.6 is 11.3 Å². The molecule has 1 aromatic carbocycles. The first-order valence-corrected chi connectivity index (χ1v) is 6.74. The van der Waals surface area contributed by atoms with Gasteiger partial charge in [-0.1, -0.05) is 29.5 Å². The van der Waals surface area contributed by atoms with Crippen LogP contribution < -0.4 is 4.31 Å². The van der Waals surface area contributed by atoms with Crippen molar-refractivity contribution in [2.24, 2.45) is 0 Å². The summed E-state index contributed by atoms with van der Waals surface area (Å²) in [7, 11) is -2.06. The van der Waals surface area contributed by atoms with Crippen molar-refractivity contribution in [3.63, 3.8) is 0 Å². The van der Waals surface area contributed by atoms with Crippen molar-refractivity contribution in [2.75, 3.05) is 11.4 Å². The Morgan fingerprint density at radius 1 is 1.25 bits per heavy atom. The normalized spacial score (nSPS) is 11.3. The molecule has 0 aliphatic carbocycles. The minimum absolute atomic E-state index is 0.243. The average molecular weight is 255 g/mol. The fourth-order valence-corrected chi connectivity index (χ4v) is 3.07. The van der Waals surface area contributed by atoms with Crippen molar-refractivity contribution in [1.82, 2.24) is 10.2 Å². The lowest BCUT2D eigenvalue weighted by Crippen LogP contribution is -2.26. The lowest BCUT2D eigenvalue weighted by atomic mass is 10.4. The van der Waals surface area contributed by atoms with Gasteiger partial charge in [-0.2, -0.15) is 0 Å². The van der Waals surface area contributed by atoms with E-state index >= 15 is 0 Å². The van der Waals surface area contributed by atoms with Crippen LogP contribution in [0.5, 0.6) is 0 Å². The summed E-state index contributed by atoms with van der Waals surface area (Å²) in [5.74, 6) is 0. The third kappa shape index (κ3) is 1.91. The zero-order valence-electron chi connectivity index (χ0n) is 8.44. The molecule has 0 amide bonds. The van der Waals surface area contributed by atoms with E-state index in [0.717, 1.165) is 4.31 Å². The standard InChI is InChI=1S/C9H9N3O2S2/c1-12(9-11-10-7-15-9)16(13,14)8-5-3-2-4-6-8/h2-7H,1H3. The van der Waals surface area contributed by atoms with E-state index in [9.17, 15) is 8.42 Å². The highest BCUT2D eigenvalue weighted by Crippen LogP contribution is 2.22. The van der Waals surface area contributed by atoms with Crippen LogP contribution in [0.15, 0.2) is 40.7 Å². The van der Waals surface area contributed by atoms with Gasteiger partial charge in [-0.05, 0) is 12.1 Å². The van der Waals surface area contributed by atoms with Gasteiger partial charge in [0.1, 0.15) is 5.51 Å². The topological polar surface area (TPSA) is 63.2 Å². The smallest absolute Gasteiger partial charge is 0.243 e. The van der Waals surface area contributed by atoms with E-state index in [1.807, 2.05) is 0 Å².